The molecule has 5 nitrogen and oxygen atoms in total. The highest BCUT2D eigenvalue weighted by atomic mass is 16.5. The Morgan fingerprint density at radius 3 is 2.29 bits per heavy atom. The van der Waals surface area contributed by atoms with Crippen molar-refractivity contribution in [2.24, 2.45) is 29.6 Å². The van der Waals surface area contributed by atoms with Gasteiger partial charge in [-0.3, -0.25) is 14.4 Å². The lowest BCUT2D eigenvalue weighted by atomic mass is 9.90. The van der Waals surface area contributed by atoms with Crippen LogP contribution in [0.2, 0.25) is 0 Å². The van der Waals surface area contributed by atoms with E-state index in [1.54, 1.807) is 6.92 Å². The van der Waals surface area contributed by atoms with E-state index in [1.807, 2.05) is 0 Å². The second-order valence-electron chi connectivity index (χ2n) is 7.67. The summed E-state index contributed by atoms with van der Waals surface area (Å²) in [4.78, 5) is 36.5. The van der Waals surface area contributed by atoms with E-state index in [0.29, 0.717) is 37.8 Å². The van der Waals surface area contributed by atoms with Crippen LogP contribution in [0.5, 0.6) is 0 Å². The first-order valence-corrected chi connectivity index (χ1v) is 9.23. The highest BCUT2D eigenvalue weighted by Gasteiger charge is 2.49. The number of nitrogens with one attached hydrogen (secondary N) is 1. The largest absolute Gasteiger partial charge is 0.466 e. The van der Waals surface area contributed by atoms with E-state index in [4.69, 9.17) is 4.74 Å². The predicted octanol–water partition coefficient (Wildman–Crippen LogP) is 2.97. The van der Waals surface area contributed by atoms with Crippen LogP contribution in [0.4, 0.5) is 0 Å². The molecule has 0 aromatic rings. The number of hydrogen-bond acceptors (Lipinski definition) is 4. The van der Waals surface area contributed by atoms with Crippen molar-refractivity contribution in [1.29, 1.82) is 0 Å². The molecular weight excluding hydrogens is 306 g/mol. The number of Topliss-reactive ketones (excluding diaryl/α,β-unsaturated/α-hetero) is 1. The van der Waals surface area contributed by atoms with Gasteiger partial charge in [-0.25, -0.2) is 0 Å². The first-order chi connectivity index (χ1) is 11.3. The molecule has 1 amide bonds. The number of esters is 1. The molecule has 0 radical (unpaired) electrons. The van der Waals surface area contributed by atoms with E-state index < -0.39 is 0 Å². The van der Waals surface area contributed by atoms with Crippen molar-refractivity contribution in [2.45, 2.75) is 60.3 Å². The van der Waals surface area contributed by atoms with Gasteiger partial charge in [-0.15, -0.1) is 0 Å². The molecule has 3 atom stereocenters. The standard InChI is InChI=1S/C19H33NO4/c1-6-24-19(23)16-11-15(16)17(21)10-14(9-13(4)5)18(22)20-8-7-12(2)3/h12-16H,6-11H2,1-5H3,(H,20,22)/t14-,15+,16+/m1/s1. The fourth-order valence-electron chi connectivity index (χ4n) is 2.94. The second-order valence-corrected chi connectivity index (χ2v) is 7.67. The summed E-state index contributed by atoms with van der Waals surface area (Å²) in [7, 11) is 0. The van der Waals surface area contributed by atoms with Crippen LogP contribution in [0.15, 0.2) is 0 Å². The van der Waals surface area contributed by atoms with Crippen molar-refractivity contribution in [3.8, 4) is 0 Å². The summed E-state index contributed by atoms with van der Waals surface area (Å²) in [5, 5.41) is 2.96. The molecule has 1 N–H and O–H groups in total. The maximum Gasteiger partial charge on any atom is 0.309 e. The van der Waals surface area contributed by atoms with Gasteiger partial charge in [0.1, 0.15) is 5.78 Å². The number of ether oxygens (including phenoxy) is 1. The summed E-state index contributed by atoms with van der Waals surface area (Å²) in [5.41, 5.74) is 0. The monoisotopic (exact) mass is 339 g/mol. The van der Waals surface area contributed by atoms with Crippen molar-refractivity contribution in [1.82, 2.24) is 5.32 Å². The fraction of sp³-hybridized carbons (Fsp3) is 0.842. The van der Waals surface area contributed by atoms with Crippen molar-refractivity contribution in [2.75, 3.05) is 13.2 Å². The summed E-state index contributed by atoms with van der Waals surface area (Å²) in [6, 6.07) is 0. The van der Waals surface area contributed by atoms with Gasteiger partial charge in [-0.1, -0.05) is 27.7 Å². The van der Waals surface area contributed by atoms with Crippen LogP contribution in [0.3, 0.4) is 0 Å². The van der Waals surface area contributed by atoms with Crippen LogP contribution in [0.1, 0.15) is 60.3 Å². The van der Waals surface area contributed by atoms with Gasteiger partial charge in [-0.05, 0) is 38.0 Å². The van der Waals surface area contributed by atoms with Crippen molar-refractivity contribution in [3.05, 3.63) is 0 Å². The summed E-state index contributed by atoms with van der Waals surface area (Å²) >= 11 is 0. The molecule has 0 saturated heterocycles. The molecule has 0 aromatic heterocycles. The van der Waals surface area contributed by atoms with E-state index in [2.05, 4.69) is 33.0 Å². The third-order valence-corrected chi connectivity index (χ3v) is 4.39. The maximum atomic E-state index is 12.4. The summed E-state index contributed by atoms with van der Waals surface area (Å²) < 4.78 is 4.97. The summed E-state index contributed by atoms with van der Waals surface area (Å²) in [6.07, 6.45) is 2.42. The smallest absolute Gasteiger partial charge is 0.309 e. The zero-order chi connectivity index (χ0) is 18.3. The summed E-state index contributed by atoms with van der Waals surface area (Å²) in [6.45, 7) is 11.1. The second kappa shape index (κ2) is 9.80. The molecule has 0 spiro atoms. The third kappa shape index (κ3) is 7.02. The molecule has 1 fully saturated rings. The lowest BCUT2D eigenvalue weighted by molar-refractivity contribution is -0.145. The molecule has 138 valence electrons. The number of hydrogen-bond donors (Lipinski definition) is 1. The van der Waals surface area contributed by atoms with Crippen LogP contribution < -0.4 is 5.32 Å². The number of amides is 1. The molecule has 1 aliphatic rings. The van der Waals surface area contributed by atoms with Crippen molar-refractivity contribution < 1.29 is 19.1 Å². The molecule has 24 heavy (non-hydrogen) atoms. The Balaban J connectivity index is 2.52. The first kappa shape index (κ1) is 20.7. The molecule has 1 aliphatic carbocycles. The first-order valence-electron chi connectivity index (χ1n) is 9.23. The van der Waals surface area contributed by atoms with Gasteiger partial charge in [0.2, 0.25) is 5.91 Å². The van der Waals surface area contributed by atoms with E-state index >= 15 is 0 Å². The molecule has 0 unspecified atom stereocenters. The van der Waals surface area contributed by atoms with Crippen LogP contribution >= 0.6 is 0 Å². The Morgan fingerprint density at radius 1 is 1.08 bits per heavy atom. The average molecular weight is 339 g/mol. The molecule has 5 heteroatoms. The Labute approximate surface area is 145 Å². The molecule has 0 heterocycles. The van der Waals surface area contributed by atoms with Crippen molar-refractivity contribution in [3.63, 3.8) is 0 Å². The van der Waals surface area contributed by atoms with Gasteiger partial charge < -0.3 is 10.1 Å². The predicted molar refractivity (Wildman–Crippen MR) is 93.3 cm³/mol. The minimum atomic E-state index is -0.298. The Kier molecular flexibility index (Phi) is 8.43. The van der Waals surface area contributed by atoms with Gasteiger partial charge in [-0.2, -0.15) is 0 Å². The topological polar surface area (TPSA) is 72.5 Å². The lowest BCUT2D eigenvalue weighted by Crippen LogP contribution is -2.34. The SMILES string of the molecule is CCOC(=O)[C@H]1C[C@@H]1C(=O)C[C@@H](CC(C)C)C(=O)NCCC(C)C. The molecule has 0 aliphatic heterocycles. The van der Waals surface area contributed by atoms with Crippen LogP contribution in [0.25, 0.3) is 0 Å². The molecule has 0 bridgehead atoms. The van der Waals surface area contributed by atoms with Gasteiger partial charge in [0, 0.05) is 24.8 Å². The molecule has 1 saturated carbocycles. The van der Waals surface area contributed by atoms with Gasteiger partial charge >= 0.3 is 5.97 Å². The highest BCUT2D eigenvalue weighted by molar-refractivity contribution is 5.94. The average Bonchev–Trinajstić information content (AvgIpc) is 3.26. The minimum absolute atomic E-state index is 0.0257. The maximum absolute atomic E-state index is 12.4. The minimum Gasteiger partial charge on any atom is -0.466 e. The Bertz CT molecular complexity index is 445. The fourth-order valence-corrected chi connectivity index (χ4v) is 2.94. The number of carbonyl (C=O) groups is 3. The van der Waals surface area contributed by atoms with Gasteiger partial charge in [0.15, 0.2) is 0 Å². The van der Waals surface area contributed by atoms with Crippen LogP contribution in [-0.2, 0) is 19.1 Å². The molecule has 1 rings (SSSR count). The quantitative estimate of drug-likeness (QED) is 0.587. The number of ketones is 1. The normalized spacial score (nSPS) is 20.8. The number of carbonyl (C=O) groups excluding carboxylic acids is 3. The summed E-state index contributed by atoms with van der Waals surface area (Å²) in [5.74, 6) is -0.246. The molecular formula is C19H33NO4. The Morgan fingerprint density at radius 2 is 1.75 bits per heavy atom. The third-order valence-electron chi connectivity index (χ3n) is 4.39. The zero-order valence-electron chi connectivity index (χ0n) is 15.8. The van der Waals surface area contributed by atoms with Crippen LogP contribution in [-0.4, -0.2) is 30.8 Å². The van der Waals surface area contributed by atoms with E-state index in [1.165, 1.54) is 0 Å². The lowest BCUT2D eigenvalue weighted by Gasteiger charge is -2.18. The number of rotatable bonds is 11. The van der Waals surface area contributed by atoms with E-state index in [9.17, 15) is 14.4 Å². The van der Waals surface area contributed by atoms with Gasteiger partial charge in [0.05, 0.1) is 12.5 Å². The van der Waals surface area contributed by atoms with Crippen molar-refractivity contribution >= 4 is 17.7 Å². The van der Waals surface area contributed by atoms with E-state index in [0.717, 1.165) is 6.42 Å². The van der Waals surface area contributed by atoms with Crippen LogP contribution in [0, 0.1) is 29.6 Å². The molecule has 0 aromatic carbocycles. The highest BCUT2D eigenvalue weighted by Crippen LogP contribution is 2.41. The zero-order valence-corrected chi connectivity index (χ0v) is 15.8. The van der Waals surface area contributed by atoms with Gasteiger partial charge in [0.25, 0.3) is 0 Å². The van der Waals surface area contributed by atoms with E-state index in [-0.39, 0.29) is 41.8 Å². The Hall–Kier alpha value is -1.39.